The van der Waals surface area contributed by atoms with Crippen LogP contribution in [-0.2, 0) is 0 Å². The molecule has 0 radical (unpaired) electrons. The summed E-state index contributed by atoms with van der Waals surface area (Å²) in [5.41, 5.74) is -0.190. The summed E-state index contributed by atoms with van der Waals surface area (Å²) in [7, 11) is 0. The van der Waals surface area contributed by atoms with E-state index in [2.05, 4.69) is 15.3 Å². The molecule has 1 unspecified atom stereocenters. The van der Waals surface area contributed by atoms with Crippen molar-refractivity contribution in [3.8, 4) is 0 Å². The number of alkyl halides is 2. The first-order chi connectivity index (χ1) is 9.75. The normalized spacial score (nSPS) is 24.6. The van der Waals surface area contributed by atoms with Gasteiger partial charge in [0.25, 0.3) is 6.43 Å². The van der Waals surface area contributed by atoms with Crippen molar-refractivity contribution in [3.63, 3.8) is 0 Å². The summed E-state index contributed by atoms with van der Waals surface area (Å²) in [6.07, 6.45) is 4.84. The molecule has 110 valence electrons. The molecule has 0 spiro atoms. The molecule has 0 saturated carbocycles. The van der Waals surface area contributed by atoms with Gasteiger partial charge in [-0.25, -0.2) is 18.7 Å². The molecule has 1 aromatic heterocycles. The van der Waals surface area contributed by atoms with E-state index in [0.717, 1.165) is 32.5 Å². The molecule has 3 rings (SSSR count). The lowest BCUT2D eigenvalue weighted by atomic mass is 9.88. The number of piperidine rings is 1. The summed E-state index contributed by atoms with van der Waals surface area (Å²) >= 11 is 0. The summed E-state index contributed by atoms with van der Waals surface area (Å²) in [5, 5.41) is 3.54. The molecule has 6 heteroatoms. The van der Waals surface area contributed by atoms with Crippen molar-refractivity contribution in [1.29, 1.82) is 0 Å². The third kappa shape index (κ3) is 2.75. The molecule has 1 atom stereocenters. The second-order valence-corrected chi connectivity index (χ2v) is 5.59. The van der Waals surface area contributed by atoms with Crippen LogP contribution in [0, 0.1) is 5.92 Å². The molecule has 1 N–H and O–H groups in total. The van der Waals surface area contributed by atoms with E-state index in [1.807, 2.05) is 4.90 Å². The summed E-state index contributed by atoms with van der Waals surface area (Å²) in [6.45, 7) is 2.70. The predicted octanol–water partition coefficient (Wildman–Crippen LogP) is 2.38. The average molecular weight is 282 g/mol. The molecule has 0 aliphatic carbocycles. The first-order valence-corrected chi connectivity index (χ1v) is 7.33. The molecule has 2 fully saturated rings. The SMILES string of the molecule is FC(F)c1nccnc1N1CCC(C2CCCN2)CC1. The van der Waals surface area contributed by atoms with Gasteiger partial charge in [0.05, 0.1) is 0 Å². The van der Waals surface area contributed by atoms with Crippen molar-refractivity contribution < 1.29 is 8.78 Å². The van der Waals surface area contributed by atoms with Crippen LogP contribution in [0.5, 0.6) is 0 Å². The fraction of sp³-hybridized carbons (Fsp3) is 0.714. The highest BCUT2D eigenvalue weighted by atomic mass is 19.3. The fourth-order valence-electron chi connectivity index (χ4n) is 3.37. The summed E-state index contributed by atoms with van der Waals surface area (Å²) in [4.78, 5) is 9.86. The Bertz CT molecular complexity index is 441. The smallest absolute Gasteiger partial charge is 0.284 e. The van der Waals surface area contributed by atoms with Gasteiger partial charge in [-0.05, 0) is 38.1 Å². The van der Waals surface area contributed by atoms with E-state index in [0.29, 0.717) is 17.8 Å². The second-order valence-electron chi connectivity index (χ2n) is 5.59. The van der Waals surface area contributed by atoms with Crippen LogP contribution < -0.4 is 10.2 Å². The molecule has 2 aliphatic rings. The fourth-order valence-corrected chi connectivity index (χ4v) is 3.37. The number of anilines is 1. The predicted molar refractivity (Wildman–Crippen MR) is 73.0 cm³/mol. The van der Waals surface area contributed by atoms with E-state index >= 15 is 0 Å². The van der Waals surface area contributed by atoms with Gasteiger partial charge < -0.3 is 10.2 Å². The summed E-state index contributed by atoms with van der Waals surface area (Å²) in [5.74, 6) is 1.03. The topological polar surface area (TPSA) is 41.1 Å². The van der Waals surface area contributed by atoms with Crippen LogP contribution in [0.15, 0.2) is 12.4 Å². The van der Waals surface area contributed by atoms with E-state index in [1.165, 1.54) is 25.2 Å². The molecule has 1 aromatic rings. The quantitative estimate of drug-likeness (QED) is 0.924. The Morgan fingerprint density at radius 3 is 2.55 bits per heavy atom. The molecule has 4 nitrogen and oxygen atoms in total. The van der Waals surface area contributed by atoms with Crippen molar-refractivity contribution in [1.82, 2.24) is 15.3 Å². The number of halogens is 2. The number of hydrogen-bond acceptors (Lipinski definition) is 4. The van der Waals surface area contributed by atoms with Crippen LogP contribution >= 0.6 is 0 Å². The van der Waals surface area contributed by atoms with Gasteiger partial charge in [0.15, 0.2) is 5.82 Å². The second kappa shape index (κ2) is 5.99. The Morgan fingerprint density at radius 1 is 1.15 bits per heavy atom. The number of aromatic nitrogens is 2. The minimum Gasteiger partial charge on any atom is -0.355 e. The number of nitrogens with zero attached hydrogens (tertiary/aromatic N) is 3. The van der Waals surface area contributed by atoms with E-state index in [-0.39, 0.29) is 5.69 Å². The molecule has 2 aliphatic heterocycles. The largest absolute Gasteiger partial charge is 0.355 e. The Kier molecular flexibility index (Phi) is 4.10. The maximum atomic E-state index is 13.0. The number of rotatable bonds is 3. The lowest BCUT2D eigenvalue weighted by molar-refractivity contribution is 0.146. The van der Waals surface area contributed by atoms with Crippen LogP contribution in [0.2, 0.25) is 0 Å². The van der Waals surface area contributed by atoms with Gasteiger partial charge in [0.2, 0.25) is 0 Å². The Balaban J connectivity index is 1.66. The minimum absolute atomic E-state index is 0.190. The Morgan fingerprint density at radius 2 is 1.90 bits per heavy atom. The van der Waals surface area contributed by atoms with Crippen molar-refractivity contribution in [2.24, 2.45) is 5.92 Å². The molecule has 3 heterocycles. The Labute approximate surface area is 117 Å². The first-order valence-electron chi connectivity index (χ1n) is 7.33. The van der Waals surface area contributed by atoms with Gasteiger partial charge in [-0.1, -0.05) is 0 Å². The zero-order chi connectivity index (χ0) is 13.9. The minimum atomic E-state index is -2.56. The Hall–Kier alpha value is -1.30. The number of hydrogen-bond donors (Lipinski definition) is 1. The van der Waals surface area contributed by atoms with Crippen LogP contribution in [0.4, 0.5) is 14.6 Å². The highest BCUT2D eigenvalue weighted by Crippen LogP contribution is 2.31. The van der Waals surface area contributed by atoms with Crippen LogP contribution in [0.1, 0.15) is 37.8 Å². The van der Waals surface area contributed by atoms with Crippen LogP contribution in [0.3, 0.4) is 0 Å². The zero-order valence-corrected chi connectivity index (χ0v) is 11.4. The monoisotopic (exact) mass is 282 g/mol. The lowest BCUT2D eigenvalue weighted by Crippen LogP contribution is -2.41. The van der Waals surface area contributed by atoms with Crippen molar-refractivity contribution in [2.75, 3.05) is 24.5 Å². The van der Waals surface area contributed by atoms with Gasteiger partial charge in [-0.2, -0.15) is 0 Å². The van der Waals surface area contributed by atoms with Crippen molar-refractivity contribution >= 4 is 5.82 Å². The third-order valence-corrected chi connectivity index (χ3v) is 4.42. The molecule has 2 saturated heterocycles. The van der Waals surface area contributed by atoms with E-state index in [4.69, 9.17) is 0 Å². The maximum Gasteiger partial charge on any atom is 0.284 e. The van der Waals surface area contributed by atoms with E-state index in [9.17, 15) is 8.78 Å². The highest BCUT2D eigenvalue weighted by molar-refractivity contribution is 5.44. The standard InChI is InChI=1S/C14H20F2N4/c15-13(16)12-14(19-7-6-18-12)20-8-3-10(4-9-20)11-2-1-5-17-11/h6-7,10-11,13,17H,1-5,8-9H2. The van der Waals surface area contributed by atoms with Gasteiger partial charge >= 0.3 is 0 Å². The molecule has 0 bridgehead atoms. The van der Waals surface area contributed by atoms with Gasteiger partial charge in [0.1, 0.15) is 5.69 Å². The van der Waals surface area contributed by atoms with E-state index in [1.54, 1.807) is 0 Å². The molecule has 0 aromatic carbocycles. The lowest BCUT2D eigenvalue weighted by Gasteiger charge is -2.36. The summed E-state index contributed by atoms with van der Waals surface area (Å²) < 4.78 is 25.9. The van der Waals surface area contributed by atoms with Crippen LogP contribution in [0.25, 0.3) is 0 Å². The average Bonchev–Trinajstić information content (AvgIpc) is 3.02. The van der Waals surface area contributed by atoms with Gasteiger partial charge in [-0.3, -0.25) is 0 Å². The maximum absolute atomic E-state index is 13.0. The molecule has 20 heavy (non-hydrogen) atoms. The van der Waals surface area contributed by atoms with Crippen molar-refractivity contribution in [3.05, 3.63) is 18.1 Å². The van der Waals surface area contributed by atoms with Gasteiger partial charge in [-0.15, -0.1) is 0 Å². The zero-order valence-electron chi connectivity index (χ0n) is 11.4. The first kappa shape index (κ1) is 13.7. The molecular formula is C14H20F2N4. The highest BCUT2D eigenvalue weighted by Gasteiger charge is 2.30. The molecular weight excluding hydrogens is 262 g/mol. The third-order valence-electron chi connectivity index (χ3n) is 4.42. The summed E-state index contributed by atoms with van der Waals surface area (Å²) in [6, 6.07) is 0.619. The van der Waals surface area contributed by atoms with Crippen molar-refractivity contribution in [2.45, 2.75) is 38.2 Å². The number of nitrogens with one attached hydrogen (secondary N) is 1. The van der Waals surface area contributed by atoms with E-state index < -0.39 is 6.43 Å². The van der Waals surface area contributed by atoms with Gasteiger partial charge in [0, 0.05) is 31.5 Å². The molecule has 0 amide bonds. The van der Waals surface area contributed by atoms with Crippen LogP contribution in [-0.4, -0.2) is 35.6 Å².